The SMILES string of the molecule is C[SiH](OCc1cccc(N2CCN(C(=O)OCc3ccccc3)C(C)(C)C2)c1F)C(C)(C)C. The standard InChI is InChI=1S/C26H37FN2O3Si/c1-25(2,3)33(6)32-18-21-13-10-14-22(23(21)27)28-15-16-29(26(4,5)19-28)24(30)31-17-20-11-8-7-9-12-20/h7-14,33H,15-19H2,1-6H3. The largest absolute Gasteiger partial charge is 0.445 e. The fourth-order valence-corrected chi connectivity index (χ4v) is 4.81. The fourth-order valence-electron chi connectivity index (χ4n) is 3.88. The molecular formula is C26H37FN2O3Si. The van der Waals surface area contributed by atoms with Crippen molar-refractivity contribution in [3.8, 4) is 0 Å². The van der Waals surface area contributed by atoms with Crippen LogP contribution >= 0.6 is 0 Å². The minimum atomic E-state index is -1.44. The first-order valence-corrected chi connectivity index (χ1v) is 13.8. The van der Waals surface area contributed by atoms with Gasteiger partial charge in [0.15, 0.2) is 14.9 Å². The Balaban J connectivity index is 1.65. The summed E-state index contributed by atoms with van der Waals surface area (Å²) >= 11 is 0. The molecule has 0 aromatic heterocycles. The molecule has 1 aliphatic heterocycles. The number of piperazine rings is 1. The Bertz CT molecular complexity index is 946. The number of hydrogen-bond donors (Lipinski definition) is 0. The van der Waals surface area contributed by atoms with Gasteiger partial charge in [-0.3, -0.25) is 4.90 Å². The molecule has 1 saturated heterocycles. The van der Waals surface area contributed by atoms with E-state index in [0.29, 0.717) is 37.5 Å². The highest BCUT2D eigenvalue weighted by molar-refractivity contribution is 6.53. The molecule has 1 atom stereocenters. The van der Waals surface area contributed by atoms with Crippen LogP contribution in [0.25, 0.3) is 0 Å². The molecule has 1 aliphatic rings. The van der Waals surface area contributed by atoms with Crippen LogP contribution in [-0.4, -0.2) is 45.2 Å². The fraction of sp³-hybridized carbons (Fsp3) is 0.500. The lowest BCUT2D eigenvalue weighted by Gasteiger charge is -2.47. The van der Waals surface area contributed by atoms with Gasteiger partial charge in [-0.15, -0.1) is 0 Å². The van der Waals surface area contributed by atoms with Crippen molar-refractivity contribution < 1.29 is 18.3 Å². The molecule has 180 valence electrons. The third-order valence-corrected chi connectivity index (χ3v) is 9.54. The number of halogens is 1. The quantitative estimate of drug-likeness (QED) is 0.503. The normalized spacial score (nSPS) is 17.1. The van der Waals surface area contributed by atoms with Crippen LogP contribution in [-0.2, 0) is 22.4 Å². The molecule has 5 nitrogen and oxygen atoms in total. The number of rotatable bonds is 6. The molecule has 2 aromatic rings. The van der Waals surface area contributed by atoms with Crippen molar-refractivity contribution in [3.63, 3.8) is 0 Å². The molecule has 1 unspecified atom stereocenters. The highest BCUT2D eigenvalue weighted by Gasteiger charge is 2.38. The van der Waals surface area contributed by atoms with Gasteiger partial charge in [-0.05, 0) is 37.1 Å². The van der Waals surface area contributed by atoms with E-state index in [0.717, 1.165) is 5.56 Å². The first-order chi connectivity index (χ1) is 15.5. The zero-order chi connectivity index (χ0) is 24.2. The van der Waals surface area contributed by atoms with Crippen LogP contribution in [0.3, 0.4) is 0 Å². The number of nitrogens with zero attached hydrogens (tertiary/aromatic N) is 2. The predicted molar refractivity (Wildman–Crippen MR) is 134 cm³/mol. The van der Waals surface area contributed by atoms with Gasteiger partial charge in [0.25, 0.3) is 0 Å². The Labute approximate surface area is 199 Å². The molecule has 1 heterocycles. The van der Waals surface area contributed by atoms with Crippen LogP contribution in [0.5, 0.6) is 0 Å². The monoisotopic (exact) mass is 472 g/mol. The first-order valence-electron chi connectivity index (χ1n) is 11.6. The summed E-state index contributed by atoms with van der Waals surface area (Å²) in [7, 11) is -1.44. The zero-order valence-corrected chi connectivity index (χ0v) is 21.9. The maximum absolute atomic E-state index is 15.4. The second-order valence-corrected chi connectivity index (χ2v) is 13.8. The smallest absolute Gasteiger partial charge is 0.410 e. The minimum absolute atomic E-state index is 0.129. The van der Waals surface area contributed by atoms with Gasteiger partial charge in [0.05, 0.1) is 17.8 Å². The van der Waals surface area contributed by atoms with Gasteiger partial charge in [0.2, 0.25) is 0 Å². The van der Waals surface area contributed by atoms with Gasteiger partial charge < -0.3 is 14.1 Å². The molecule has 1 amide bonds. The molecule has 33 heavy (non-hydrogen) atoms. The number of carbonyl (C=O) groups is 1. The molecule has 0 spiro atoms. The average Bonchev–Trinajstić information content (AvgIpc) is 2.76. The maximum Gasteiger partial charge on any atom is 0.410 e. The lowest BCUT2D eigenvalue weighted by molar-refractivity contribution is 0.0514. The lowest BCUT2D eigenvalue weighted by atomic mass is 9.98. The molecule has 0 aliphatic carbocycles. The van der Waals surface area contributed by atoms with Crippen molar-refractivity contribution >= 4 is 20.8 Å². The van der Waals surface area contributed by atoms with Gasteiger partial charge >= 0.3 is 6.09 Å². The van der Waals surface area contributed by atoms with Crippen LogP contribution in [0, 0.1) is 5.82 Å². The van der Waals surface area contributed by atoms with E-state index in [1.165, 1.54) is 0 Å². The third-order valence-electron chi connectivity index (χ3n) is 6.43. The molecular weight excluding hydrogens is 435 g/mol. The van der Waals surface area contributed by atoms with E-state index >= 15 is 4.39 Å². The van der Waals surface area contributed by atoms with Gasteiger partial charge in [-0.25, -0.2) is 9.18 Å². The van der Waals surface area contributed by atoms with Crippen molar-refractivity contribution in [3.05, 3.63) is 65.5 Å². The van der Waals surface area contributed by atoms with E-state index in [9.17, 15) is 4.79 Å². The summed E-state index contributed by atoms with van der Waals surface area (Å²) in [6.45, 7) is 14.7. The van der Waals surface area contributed by atoms with Gasteiger partial charge in [0.1, 0.15) is 6.61 Å². The number of benzene rings is 2. The zero-order valence-electron chi connectivity index (χ0n) is 20.7. The number of hydrogen-bond acceptors (Lipinski definition) is 4. The topological polar surface area (TPSA) is 42.0 Å². The number of amides is 1. The Hall–Kier alpha value is -2.38. The summed E-state index contributed by atoms with van der Waals surface area (Å²) in [6.07, 6.45) is -0.341. The van der Waals surface area contributed by atoms with E-state index < -0.39 is 14.6 Å². The predicted octanol–water partition coefficient (Wildman–Crippen LogP) is 5.73. The first kappa shape index (κ1) is 25.2. The summed E-state index contributed by atoms with van der Waals surface area (Å²) in [5.41, 5.74) is 1.59. The summed E-state index contributed by atoms with van der Waals surface area (Å²) in [5, 5.41) is 0.129. The summed E-state index contributed by atoms with van der Waals surface area (Å²) in [6, 6.07) is 15.1. The summed E-state index contributed by atoms with van der Waals surface area (Å²) in [5.74, 6) is -0.233. The van der Waals surface area contributed by atoms with Crippen LogP contribution in [0.4, 0.5) is 14.9 Å². The van der Waals surface area contributed by atoms with Crippen molar-refractivity contribution in [2.24, 2.45) is 0 Å². The van der Waals surface area contributed by atoms with Crippen molar-refractivity contribution in [2.45, 2.75) is 65.0 Å². The van der Waals surface area contributed by atoms with E-state index in [2.05, 4.69) is 27.3 Å². The number of anilines is 1. The van der Waals surface area contributed by atoms with Crippen LogP contribution < -0.4 is 4.90 Å². The Morgan fingerprint density at radius 1 is 1.06 bits per heavy atom. The van der Waals surface area contributed by atoms with E-state index in [-0.39, 0.29) is 23.6 Å². The second-order valence-electron chi connectivity index (χ2n) is 10.5. The van der Waals surface area contributed by atoms with E-state index in [4.69, 9.17) is 9.16 Å². The van der Waals surface area contributed by atoms with Crippen LogP contribution in [0.2, 0.25) is 11.6 Å². The molecule has 0 saturated carbocycles. The Morgan fingerprint density at radius 2 is 1.76 bits per heavy atom. The summed E-state index contributed by atoms with van der Waals surface area (Å²) in [4.78, 5) is 16.5. The Morgan fingerprint density at radius 3 is 2.39 bits per heavy atom. The molecule has 0 radical (unpaired) electrons. The van der Waals surface area contributed by atoms with Gasteiger partial charge in [0, 0.05) is 25.2 Å². The molecule has 2 aromatic carbocycles. The minimum Gasteiger partial charge on any atom is -0.445 e. The van der Waals surface area contributed by atoms with Crippen molar-refractivity contribution in [1.82, 2.24) is 4.90 Å². The third kappa shape index (κ3) is 6.36. The molecule has 1 fully saturated rings. The highest BCUT2D eigenvalue weighted by Crippen LogP contribution is 2.31. The summed E-state index contributed by atoms with van der Waals surface area (Å²) < 4.78 is 27.0. The van der Waals surface area contributed by atoms with Gasteiger partial charge in [-0.2, -0.15) is 0 Å². The number of carbonyl (C=O) groups excluding carboxylic acids is 1. The number of ether oxygens (including phenoxy) is 1. The van der Waals surface area contributed by atoms with Crippen molar-refractivity contribution in [2.75, 3.05) is 24.5 Å². The molecule has 7 heteroatoms. The van der Waals surface area contributed by atoms with E-state index in [1.807, 2.05) is 61.2 Å². The van der Waals surface area contributed by atoms with Crippen molar-refractivity contribution in [1.29, 1.82) is 0 Å². The maximum atomic E-state index is 15.4. The second kappa shape index (κ2) is 10.3. The molecule has 3 rings (SSSR count). The highest BCUT2D eigenvalue weighted by atomic mass is 28.3. The Kier molecular flexibility index (Phi) is 7.85. The lowest BCUT2D eigenvalue weighted by Crippen LogP contribution is -2.61. The average molecular weight is 473 g/mol. The van der Waals surface area contributed by atoms with Crippen LogP contribution in [0.15, 0.2) is 48.5 Å². The molecule has 0 bridgehead atoms. The van der Waals surface area contributed by atoms with Gasteiger partial charge in [-0.1, -0.05) is 63.2 Å². The van der Waals surface area contributed by atoms with E-state index in [1.54, 1.807) is 11.0 Å². The molecule has 0 N–H and O–H groups in total. The van der Waals surface area contributed by atoms with Crippen LogP contribution in [0.1, 0.15) is 45.7 Å².